The van der Waals surface area contributed by atoms with E-state index in [0.717, 1.165) is 12.8 Å². The number of hydrogen-bond donors (Lipinski definition) is 2. The number of nitro groups is 1. The largest absolute Gasteiger partial charge is 0.383 e. The number of ether oxygens (including phenoxy) is 1. The normalized spacial score (nSPS) is 21.9. The second-order valence-electron chi connectivity index (χ2n) is 5.33. The number of rotatable bonds is 3. The first-order valence-corrected chi connectivity index (χ1v) is 6.18. The molecule has 0 spiro atoms. The first-order chi connectivity index (χ1) is 8.85. The quantitative estimate of drug-likeness (QED) is 0.640. The highest BCUT2D eigenvalue weighted by atomic mass is 16.6. The van der Waals surface area contributed by atoms with Gasteiger partial charge in [0.15, 0.2) is 0 Å². The van der Waals surface area contributed by atoms with Crippen molar-refractivity contribution in [2.24, 2.45) is 0 Å². The molecule has 19 heavy (non-hydrogen) atoms. The summed E-state index contributed by atoms with van der Waals surface area (Å²) in [4.78, 5) is 14.4. The third kappa shape index (κ3) is 3.54. The summed E-state index contributed by atoms with van der Waals surface area (Å²) in [6.07, 6.45) is 1.66. The Labute approximate surface area is 111 Å². The molecule has 3 N–H and O–H groups in total. The van der Waals surface area contributed by atoms with Crippen LogP contribution in [0.2, 0.25) is 0 Å². The number of nitrogens with one attached hydrogen (secondary N) is 1. The molecule has 1 unspecified atom stereocenters. The molecule has 2 rings (SSSR count). The van der Waals surface area contributed by atoms with Gasteiger partial charge in [0.25, 0.3) is 5.69 Å². The highest BCUT2D eigenvalue weighted by Crippen LogP contribution is 2.27. The molecule has 0 aromatic carbocycles. The van der Waals surface area contributed by atoms with E-state index in [-0.39, 0.29) is 23.1 Å². The number of nitrogens with zero attached hydrogens (tertiary/aromatic N) is 2. The Kier molecular flexibility index (Phi) is 3.57. The third-order valence-electron chi connectivity index (χ3n) is 3.09. The van der Waals surface area contributed by atoms with Crippen LogP contribution in [0.25, 0.3) is 0 Å². The van der Waals surface area contributed by atoms with Crippen LogP contribution in [0.4, 0.5) is 17.3 Å². The molecule has 0 radical (unpaired) electrons. The zero-order chi connectivity index (χ0) is 14.0. The summed E-state index contributed by atoms with van der Waals surface area (Å²) in [5, 5.41) is 14.0. The minimum absolute atomic E-state index is 0.0543. The first kappa shape index (κ1) is 13.5. The lowest BCUT2D eigenvalue weighted by atomic mass is 9.94. The van der Waals surface area contributed by atoms with Gasteiger partial charge in [0.2, 0.25) is 0 Å². The van der Waals surface area contributed by atoms with Gasteiger partial charge in [-0.05, 0) is 26.7 Å². The molecular weight excluding hydrogens is 248 g/mol. The summed E-state index contributed by atoms with van der Waals surface area (Å²) in [5.41, 5.74) is 5.33. The maximum Gasteiger partial charge on any atom is 0.276 e. The molecule has 1 saturated heterocycles. The van der Waals surface area contributed by atoms with Gasteiger partial charge in [0.05, 0.1) is 22.7 Å². The molecule has 1 aliphatic heterocycles. The van der Waals surface area contributed by atoms with E-state index >= 15 is 0 Å². The van der Waals surface area contributed by atoms with Crippen LogP contribution in [0.5, 0.6) is 0 Å². The van der Waals surface area contributed by atoms with Gasteiger partial charge in [-0.3, -0.25) is 10.1 Å². The van der Waals surface area contributed by atoms with Crippen LogP contribution >= 0.6 is 0 Å². The zero-order valence-corrected chi connectivity index (χ0v) is 11.0. The van der Waals surface area contributed by atoms with Gasteiger partial charge in [-0.15, -0.1) is 0 Å². The lowest BCUT2D eigenvalue weighted by Gasteiger charge is -2.36. The van der Waals surface area contributed by atoms with Gasteiger partial charge >= 0.3 is 0 Å². The molecule has 0 aliphatic carbocycles. The van der Waals surface area contributed by atoms with E-state index in [4.69, 9.17) is 10.5 Å². The Morgan fingerprint density at radius 2 is 2.32 bits per heavy atom. The Bertz CT molecular complexity index is 490. The molecule has 0 saturated carbocycles. The van der Waals surface area contributed by atoms with E-state index in [2.05, 4.69) is 10.3 Å². The zero-order valence-electron chi connectivity index (χ0n) is 11.0. The summed E-state index contributed by atoms with van der Waals surface area (Å²) in [6.45, 7) is 4.71. The van der Waals surface area contributed by atoms with E-state index in [1.165, 1.54) is 12.1 Å². The highest BCUT2D eigenvalue weighted by molar-refractivity contribution is 5.53. The summed E-state index contributed by atoms with van der Waals surface area (Å²) in [5.74, 6) is 0.581. The fourth-order valence-electron chi connectivity index (χ4n) is 2.28. The van der Waals surface area contributed by atoms with Crippen molar-refractivity contribution in [1.29, 1.82) is 0 Å². The molecule has 1 fully saturated rings. The van der Waals surface area contributed by atoms with Crippen molar-refractivity contribution >= 4 is 17.3 Å². The van der Waals surface area contributed by atoms with Crippen LogP contribution in [0.1, 0.15) is 26.7 Å². The predicted octanol–water partition coefficient (Wildman–Crippen LogP) is 1.94. The fraction of sp³-hybridized carbons (Fsp3) is 0.583. The Morgan fingerprint density at radius 1 is 1.58 bits per heavy atom. The molecular formula is C12H18N4O3. The van der Waals surface area contributed by atoms with E-state index < -0.39 is 4.92 Å². The van der Waals surface area contributed by atoms with Crippen molar-refractivity contribution < 1.29 is 9.66 Å². The molecule has 1 aromatic heterocycles. The van der Waals surface area contributed by atoms with Crippen molar-refractivity contribution in [2.45, 2.75) is 38.3 Å². The number of anilines is 2. The summed E-state index contributed by atoms with van der Waals surface area (Å²) in [7, 11) is 0. The summed E-state index contributed by atoms with van der Waals surface area (Å²) >= 11 is 0. The molecule has 1 atom stereocenters. The molecule has 2 heterocycles. The topological polar surface area (TPSA) is 103 Å². The molecule has 0 amide bonds. The van der Waals surface area contributed by atoms with E-state index in [9.17, 15) is 10.1 Å². The van der Waals surface area contributed by atoms with Crippen LogP contribution in [0, 0.1) is 10.1 Å². The van der Waals surface area contributed by atoms with Crippen LogP contribution in [0.3, 0.4) is 0 Å². The van der Waals surface area contributed by atoms with Gasteiger partial charge in [-0.25, -0.2) is 4.98 Å². The molecule has 7 nitrogen and oxygen atoms in total. The molecule has 7 heteroatoms. The number of nitrogen functional groups attached to an aromatic ring is 1. The van der Waals surface area contributed by atoms with E-state index in [1.807, 2.05) is 13.8 Å². The second kappa shape index (κ2) is 5.00. The van der Waals surface area contributed by atoms with E-state index in [1.54, 1.807) is 0 Å². The number of aromatic nitrogens is 1. The Balaban J connectivity index is 2.12. The van der Waals surface area contributed by atoms with Gasteiger partial charge in [-0.1, -0.05) is 0 Å². The average molecular weight is 266 g/mol. The lowest BCUT2D eigenvalue weighted by Crippen LogP contribution is -2.40. The van der Waals surface area contributed by atoms with Crippen molar-refractivity contribution in [3.8, 4) is 0 Å². The number of pyridine rings is 1. The summed E-state index contributed by atoms with van der Waals surface area (Å²) < 4.78 is 5.63. The summed E-state index contributed by atoms with van der Waals surface area (Å²) in [6, 6.07) is 2.83. The smallest absolute Gasteiger partial charge is 0.276 e. The standard InChI is InChI=1S/C12H18N4O3/c1-12(2)7-8(3-4-19-12)14-11-6-9(16(17)18)5-10(13)15-11/h5-6,8H,3-4,7H2,1-2H3,(H3,13,14,15). The van der Waals surface area contributed by atoms with E-state index in [0.29, 0.717) is 12.4 Å². The van der Waals surface area contributed by atoms with Gasteiger partial charge < -0.3 is 15.8 Å². The Morgan fingerprint density at radius 3 is 2.95 bits per heavy atom. The molecule has 1 aromatic rings. The van der Waals surface area contributed by atoms with Gasteiger partial charge in [0.1, 0.15) is 11.6 Å². The van der Waals surface area contributed by atoms with Crippen molar-refractivity contribution in [1.82, 2.24) is 4.98 Å². The highest BCUT2D eigenvalue weighted by Gasteiger charge is 2.29. The minimum atomic E-state index is -0.475. The monoisotopic (exact) mass is 266 g/mol. The molecule has 104 valence electrons. The van der Waals surface area contributed by atoms with Crippen LogP contribution in [-0.2, 0) is 4.74 Å². The van der Waals surface area contributed by atoms with Crippen LogP contribution in [-0.4, -0.2) is 28.2 Å². The SMILES string of the molecule is CC1(C)CC(Nc2cc([N+](=O)[O-])cc(N)n2)CCO1. The minimum Gasteiger partial charge on any atom is -0.383 e. The Hall–Kier alpha value is -1.89. The maximum atomic E-state index is 10.8. The maximum absolute atomic E-state index is 10.8. The molecule has 1 aliphatic rings. The number of hydrogen-bond acceptors (Lipinski definition) is 6. The van der Waals surface area contributed by atoms with Crippen LogP contribution in [0.15, 0.2) is 12.1 Å². The third-order valence-corrected chi connectivity index (χ3v) is 3.09. The number of nitrogens with two attached hydrogens (primary N) is 1. The molecule has 0 bridgehead atoms. The van der Waals surface area contributed by atoms with Crippen molar-refractivity contribution in [2.75, 3.05) is 17.7 Å². The van der Waals surface area contributed by atoms with Crippen LogP contribution < -0.4 is 11.1 Å². The van der Waals surface area contributed by atoms with Crippen molar-refractivity contribution in [3.63, 3.8) is 0 Å². The fourth-order valence-corrected chi connectivity index (χ4v) is 2.28. The average Bonchev–Trinajstić information content (AvgIpc) is 2.26. The predicted molar refractivity (Wildman–Crippen MR) is 72.0 cm³/mol. The lowest BCUT2D eigenvalue weighted by molar-refractivity contribution is -0.384. The van der Waals surface area contributed by atoms with Crippen molar-refractivity contribution in [3.05, 3.63) is 22.2 Å². The van der Waals surface area contributed by atoms with Gasteiger partial charge in [-0.2, -0.15) is 0 Å². The first-order valence-electron chi connectivity index (χ1n) is 6.18. The van der Waals surface area contributed by atoms with Gasteiger partial charge in [0, 0.05) is 12.6 Å². The second-order valence-corrected chi connectivity index (χ2v) is 5.33.